The van der Waals surface area contributed by atoms with Crippen molar-refractivity contribution in [2.75, 3.05) is 5.32 Å². The third-order valence-corrected chi connectivity index (χ3v) is 2.28. The zero-order valence-corrected chi connectivity index (χ0v) is 9.47. The molecule has 1 aromatic rings. The molecule has 0 aliphatic heterocycles. The van der Waals surface area contributed by atoms with Crippen LogP contribution in [0.15, 0.2) is 18.2 Å². The van der Waals surface area contributed by atoms with Gasteiger partial charge in [0.25, 0.3) is 0 Å². The van der Waals surface area contributed by atoms with Gasteiger partial charge in [0, 0.05) is 5.69 Å². The number of nitrogens with one attached hydrogen (secondary N) is 1. The summed E-state index contributed by atoms with van der Waals surface area (Å²) in [7, 11) is 0. The molecule has 3 nitrogen and oxygen atoms in total. The SMILES string of the molecule is Cc1ccc(NC(=O)C(C)(C)C#N)cc1F. The van der Waals surface area contributed by atoms with Crippen molar-refractivity contribution in [1.29, 1.82) is 5.26 Å². The van der Waals surface area contributed by atoms with Crippen LogP contribution in [0.4, 0.5) is 10.1 Å². The normalized spacial score (nSPS) is 10.7. The molecule has 0 atom stereocenters. The Morgan fingerprint density at radius 3 is 2.62 bits per heavy atom. The van der Waals surface area contributed by atoms with Crippen molar-refractivity contribution in [2.45, 2.75) is 20.8 Å². The maximum Gasteiger partial charge on any atom is 0.244 e. The van der Waals surface area contributed by atoms with Gasteiger partial charge in [-0.2, -0.15) is 5.26 Å². The predicted octanol–water partition coefficient (Wildman–Crippen LogP) is 2.62. The van der Waals surface area contributed by atoms with Gasteiger partial charge in [0.2, 0.25) is 5.91 Å². The van der Waals surface area contributed by atoms with Gasteiger partial charge in [-0.05, 0) is 38.5 Å². The fraction of sp³-hybridized carbons (Fsp3) is 0.333. The molecular weight excluding hydrogens is 207 g/mol. The van der Waals surface area contributed by atoms with Crippen LogP contribution >= 0.6 is 0 Å². The van der Waals surface area contributed by atoms with Crippen molar-refractivity contribution in [3.8, 4) is 6.07 Å². The standard InChI is InChI=1S/C12H13FN2O/c1-8-4-5-9(6-10(8)13)15-11(16)12(2,3)7-14/h4-6H,1-3H3,(H,15,16). The lowest BCUT2D eigenvalue weighted by molar-refractivity contribution is -0.121. The van der Waals surface area contributed by atoms with Crippen molar-refractivity contribution in [3.05, 3.63) is 29.6 Å². The Morgan fingerprint density at radius 2 is 2.12 bits per heavy atom. The molecule has 0 spiro atoms. The minimum absolute atomic E-state index is 0.358. The predicted molar refractivity (Wildman–Crippen MR) is 59.2 cm³/mol. The van der Waals surface area contributed by atoms with Gasteiger partial charge >= 0.3 is 0 Å². The van der Waals surface area contributed by atoms with Crippen LogP contribution in [-0.4, -0.2) is 5.91 Å². The largest absolute Gasteiger partial charge is 0.325 e. The van der Waals surface area contributed by atoms with Crippen LogP contribution < -0.4 is 5.32 Å². The molecule has 0 aliphatic carbocycles. The van der Waals surface area contributed by atoms with E-state index in [0.29, 0.717) is 11.3 Å². The lowest BCUT2D eigenvalue weighted by Crippen LogP contribution is -2.29. The Morgan fingerprint density at radius 1 is 1.50 bits per heavy atom. The summed E-state index contributed by atoms with van der Waals surface area (Å²) in [4.78, 5) is 11.6. The summed E-state index contributed by atoms with van der Waals surface area (Å²) in [5.41, 5.74) is -0.254. The van der Waals surface area contributed by atoms with Crippen LogP contribution in [0.25, 0.3) is 0 Å². The number of anilines is 1. The molecule has 4 heteroatoms. The second-order valence-electron chi connectivity index (χ2n) is 4.15. The summed E-state index contributed by atoms with van der Waals surface area (Å²) in [6, 6.07) is 6.29. The highest BCUT2D eigenvalue weighted by atomic mass is 19.1. The first-order valence-corrected chi connectivity index (χ1v) is 4.85. The van der Waals surface area contributed by atoms with Gasteiger partial charge in [0.1, 0.15) is 11.2 Å². The average Bonchev–Trinajstić information content (AvgIpc) is 2.23. The average molecular weight is 220 g/mol. The molecule has 1 rings (SSSR count). The second-order valence-corrected chi connectivity index (χ2v) is 4.15. The molecule has 0 heterocycles. The number of carbonyl (C=O) groups is 1. The van der Waals surface area contributed by atoms with Crippen molar-refractivity contribution in [1.82, 2.24) is 0 Å². The van der Waals surface area contributed by atoms with E-state index >= 15 is 0 Å². The number of halogens is 1. The number of benzene rings is 1. The Balaban J connectivity index is 2.87. The van der Waals surface area contributed by atoms with Crippen LogP contribution in [0.1, 0.15) is 19.4 Å². The minimum atomic E-state index is -1.12. The molecule has 0 unspecified atom stereocenters. The Kier molecular flexibility index (Phi) is 3.28. The highest BCUT2D eigenvalue weighted by molar-refractivity contribution is 5.96. The zero-order valence-electron chi connectivity index (χ0n) is 9.47. The third kappa shape index (κ3) is 2.57. The van der Waals surface area contributed by atoms with E-state index in [2.05, 4.69) is 5.32 Å². The van der Waals surface area contributed by atoms with Crippen molar-refractivity contribution >= 4 is 11.6 Å². The van der Waals surface area contributed by atoms with E-state index in [9.17, 15) is 9.18 Å². The van der Waals surface area contributed by atoms with Crippen molar-refractivity contribution < 1.29 is 9.18 Å². The first kappa shape index (κ1) is 12.2. The Hall–Kier alpha value is -1.89. The summed E-state index contributed by atoms with van der Waals surface area (Å²) in [5, 5.41) is 11.3. The molecule has 0 radical (unpaired) electrons. The smallest absolute Gasteiger partial charge is 0.244 e. The highest BCUT2D eigenvalue weighted by Crippen LogP contribution is 2.19. The second kappa shape index (κ2) is 4.31. The van der Waals surface area contributed by atoms with Gasteiger partial charge in [-0.15, -0.1) is 0 Å². The van der Waals surface area contributed by atoms with E-state index in [0.717, 1.165) is 0 Å². The van der Waals surface area contributed by atoms with Gasteiger partial charge in [-0.3, -0.25) is 4.79 Å². The lowest BCUT2D eigenvalue weighted by atomic mass is 9.94. The number of hydrogen-bond acceptors (Lipinski definition) is 2. The molecule has 16 heavy (non-hydrogen) atoms. The summed E-state index contributed by atoms with van der Waals surface area (Å²) in [6.07, 6.45) is 0. The van der Waals surface area contributed by atoms with Crippen molar-refractivity contribution in [2.24, 2.45) is 5.41 Å². The molecule has 0 saturated heterocycles. The van der Waals surface area contributed by atoms with E-state index in [4.69, 9.17) is 5.26 Å². The molecule has 0 fully saturated rings. The number of nitrogens with zero attached hydrogens (tertiary/aromatic N) is 1. The Labute approximate surface area is 93.9 Å². The van der Waals surface area contributed by atoms with Crippen LogP contribution in [0.3, 0.4) is 0 Å². The van der Waals surface area contributed by atoms with E-state index in [1.165, 1.54) is 19.9 Å². The number of rotatable bonds is 2. The fourth-order valence-electron chi connectivity index (χ4n) is 1.01. The van der Waals surface area contributed by atoms with Crippen LogP contribution in [0.5, 0.6) is 0 Å². The molecule has 1 aromatic carbocycles. The molecule has 1 amide bonds. The van der Waals surface area contributed by atoms with E-state index < -0.39 is 11.3 Å². The summed E-state index contributed by atoms with van der Waals surface area (Å²) in [6.45, 7) is 4.65. The van der Waals surface area contributed by atoms with Crippen LogP contribution in [-0.2, 0) is 4.79 Å². The van der Waals surface area contributed by atoms with Crippen LogP contribution in [0.2, 0.25) is 0 Å². The van der Waals surface area contributed by atoms with Gasteiger partial charge in [-0.25, -0.2) is 4.39 Å². The quantitative estimate of drug-likeness (QED) is 0.832. The number of aryl methyl sites for hydroxylation is 1. The number of amides is 1. The first-order chi connectivity index (χ1) is 7.36. The maximum absolute atomic E-state index is 13.2. The number of nitriles is 1. The minimum Gasteiger partial charge on any atom is -0.325 e. The van der Waals surface area contributed by atoms with E-state index in [1.807, 2.05) is 6.07 Å². The first-order valence-electron chi connectivity index (χ1n) is 4.85. The van der Waals surface area contributed by atoms with Gasteiger partial charge < -0.3 is 5.32 Å². The molecule has 0 aromatic heterocycles. The Bertz CT molecular complexity index is 461. The molecule has 0 bridgehead atoms. The number of hydrogen-bond donors (Lipinski definition) is 1. The summed E-state index contributed by atoms with van der Waals surface area (Å²) < 4.78 is 13.2. The number of carbonyl (C=O) groups excluding carboxylic acids is 1. The summed E-state index contributed by atoms with van der Waals surface area (Å²) >= 11 is 0. The molecule has 0 saturated carbocycles. The zero-order chi connectivity index (χ0) is 12.3. The van der Waals surface area contributed by atoms with E-state index in [1.54, 1.807) is 19.1 Å². The van der Waals surface area contributed by atoms with E-state index in [-0.39, 0.29) is 5.82 Å². The highest BCUT2D eigenvalue weighted by Gasteiger charge is 2.27. The molecule has 0 aliphatic rings. The summed E-state index contributed by atoms with van der Waals surface area (Å²) in [5.74, 6) is -0.828. The van der Waals surface area contributed by atoms with Gasteiger partial charge in [0.05, 0.1) is 6.07 Å². The van der Waals surface area contributed by atoms with Crippen molar-refractivity contribution in [3.63, 3.8) is 0 Å². The van der Waals surface area contributed by atoms with Crippen LogP contribution in [0, 0.1) is 29.5 Å². The molecular formula is C12H13FN2O. The van der Waals surface area contributed by atoms with Gasteiger partial charge in [-0.1, -0.05) is 6.07 Å². The molecule has 84 valence electrons. The maximum atomic E-state index is 13.2. The monoisotopic (exact) mass is 220 g/mol. The fourth-order valence-corrected chi connectivity index (χ4v) is 1.01. The van der Waals surface area contributed by atoms with Gasteiger partial charge in [0.15, 0.2) is 0 Å². The molecule has 1 N–H and O–H groups in total. The lowest BCUT2D eigenvalue weighted by Gasteiger charge is -2.15. The topological polar surface area (TPSA) is 52.9 Å². The third-order valence-electron chi connectivity index (χ3n) is 2.28.